The van der Waals surface area contributed by atoms with Gasteiger partial charge < -0.3 is 25.5 Å². The lowest BCUT2D eigenvalue weighted by molar-refractivity contribution is -0.146. The van der Waals surface area contributed by atoms with Gasteiger partial charge in [-0.25, -0.2) is 18.7 Å². The molecule has 0 saturated carbocycles. The van der Waals surface area contributed by atoms with Crippen molar-refractivity contribution >= 4 is 16.0 Å². The molecule has 1 heterocycles. The molecule has 1 saturated heterocycles. The Hall–Kier alpha value is -2.61. The predicted molar refractivity (Wildman–Crippen MR) is 130 cm³/mol. The number of sulfonamides is 1. The largest absolute Gasteiger partial charge is 0.489 e. The number of ether oxygens (including phenoxy) is 1. The van der Waals surface area contributed by atoms with Crippen LogP contribution < -0.4 is 16.0 Å². The number of piperidine rings is 1. The number of hydrogen-bond acceptors (Lipinski definition) is 8. The number of benzene rings is 2. The summed E-state index contributed by atoms with van der Waals surface area (Å²) in [6.45, 7) is 3.04. The number of unbranched alkanes of at least 4 members (excludes halogenated alkanes) is 1. The number of aliphatic hydroxyl groups is 1. The van der Waals surface area contributed by atoms with Crippen molar-refractivity contribution in [2.24, 2.45) is 5.90 Å². The summed E-state index contributed by atoms with van der Waals surface area (Å²) in [6.07, 6.45) is 1.86. The molecule has 6 N–H and O–H groups in total. The monoisotopic (exact) mass is 527 g/mol. The Labute approximate surface area is 210 Å². The fraction of sp³-hybridized carbons (Fsp3) is 0.458. The van der Waals surface area contributed by atoms with Crippen molar-refractivity contribution < 1.29 is 37.8 Å². The molecule has 0 unspecified atom stereocenters. The topological polar surface area (TPSA) is 162 Å². The molecule has 1 fully saturated rings. The lowest BCUT2D eigenvalue weighted by Crippen LogP contribution is -2.58. The van der Waals surface area contributed by atoms with Gasteiger partial charge in [0.05, 0.1) is 10.5 Å². The van der Waals surface area contributed by atoms with Crippen LogP contribution in [0, 0.1) is 5.82 Å². The summed E-state index contributed by atoms with van der Waals surface area (Å²) < 4.78 is 46.0. The van der Waals surface area contributed by atoms with Crippen LogP contribution in [0.25, 0.3) is 0 Å². The van der Waals surface area contributed by atoms with Crippen LogP contribution in [-0.2, 0) is 21.4 Å². The van der Waals surface area contributed by atoms with Crippen LogP contribution in [0.3, 0.4) is 0 Å². The summed E-state index contributed by atoms with van der Waals surface area (Å²) in [4.78, 5) is 11.9. The van der Waals surface area contributed by atoms with Gasteiger partial charge in [0.15, 0.2) is 0 Å². The third-order valence-electron chi connectivity index (χ3n) is 5.91. The van der Waals surface area contributed by atoms with Crippen LogP contribution in [0.1, 0.15) is 38.2 Å². The van der Waals surface area contributed by atoms with Gasteiger partial charge >= 0.3 is 5.97 Å². The average molecular weight is 528 g/mol. The second kappa shape index (κ2) is 13.6. The van der Waals surface area contributed by atoms with E-state index in [1.165, 1.54) is 36.4 Å². The minimum absolute atomic E-state index is 0.0561. The second-order valence-electron chi connectivity index (χ2n) is 8.57. The summed E-state index contributed by atoms with van der Waals surface area (Å²) in [5.74, 6) is 2.28. The molecule has 0 aromatic heterocycles. The molecule has 2 aromatic carbocycles. The van der Waals surface area contributed by atoms with Crippen molar-refractivity contribution in [2.75, 3.05) is 19.6 Å². The van der Waals surface area contributed by atoms with Crippen molar-refractivity contribution in [1.82, 2.24) is 9.62 Å². The number of carboxylic acid groups (broad SMARTS) is 1. The summed E-state index contributed by atoms with van der Waals surface area (Å²) in [5.41, 5.74) is -0.534. The van der Waals surface area contributed by atoms with Gasteiger partial charge in [0, 0.05) is 19.5 Å². The molecular formula is C24H34FN3O7S. The fourth-order valence-corrected chi connectivity index (χ4v) is 5.49. The Kier molecular flexibility index (Phi) is 11.2. The lowest BCUT2D eigenvalue weighted by Gasteiger charge is -2.41. The predicted octanol–water partition coefficient (Wildman–Crippen LogP) is 2.10. The van der Waals surface area contributed by atoms with E-state index in [2.05, 4.69) is 11.2 Å². The first-order chi connectivity index (χ1) is 17.1. The molecule has 2 atom stereocenters. The number of halogens is 1. The highest BCUT2D eigenvalue weighted by atomic mass is 32.2. The summed E-state index contributed by atoms with van der Waals surface area (Å²) in [6, 6.07) is 10.2. The minimum atomic E-state index is -4.10. The molecule has 1 aliphatic rings. The Morgan fingerprint density at radius 1 is 1.19 bits per heavy atom. The second-order valence-corrected chi connectivity index (χ2v) is 10.5. The zero-order valence-corrected chi connectivity index (χ0v) is 21.0. The number of nitrogens with zero attached hydrogens (tertiary/aromatic N) is 1. The maximum atomic E-state index is 13.2. The molecule has 0 aliphatic carbocycles. The maximum Gasteiger partial charge on any atom is 0.322 e. The molecule has 0 radical (unpaired) electrons. The van der Waals surface area contributed by atoms with Gasteiger partial charge in [-0.05, 0) is 61.3 Å². The molecule has 0 bridgehead atoms. The van der Waals surface area contributed by atoms with E-state index >= 15 is 0 Å². The first kappa shape index (κ1) is 29.6. The SMILES string of the molecule is CCCCNC[C@]1(O)CCN(S(=O)(=O)c2ccc(OCc3ccc(F)cc3)cc2)[C@@H](C(=O)O)C1.NO. The standard InChI is InChI=1S/C24H31FN2O6S.H3NO/c1-2-3-13-26-17-24(30)12-14-27(22(15-24)23(28)29)34(31,32)21-10-8-20(9-11-21)33-16-18-4-6-19(25)7-5-18;1-2/h4-11,22,26,30H,2-3,12-17H2,1H3,(H,28,29);2H,1H2/t22-,24+;/m1./s1. The number of carbonyl (C=O) groups is 1. The number of nitrogens with one attached hydrogen (secondary N) is 1. The van der Waals surface area contributed by atoms with Crippen molar-refractivity contribution in [2.45, 2.75) is 55.8 Å². The highest BCUT2D eigenvalue weighted by molar-refractivity contribution is 7.89. The number of aliphatic carboxylic acids is 1. The lowest BCUT2D eigenvalue weighted by atomic mass is 9.87. The van der Waals surface area contributed by atoms with E-state index in [-0.39, 0.29) is 43.3 Å². The summed E-state index contributed by atoms with van der Waals surface area (Å²) in [7, 11) is -4.10. The molecule has 3 rings (SSSR count). The van der Waals surface area contributed by atoms with Gasteiger partial charge in [-0.1, -0.05) is 25.5 Å². The van der Waals surface area contributed by atoms with Crippen molar-refractivity contribution in [3.8, 4) is 5.75 Å². The van der Waals surface area contributed by atoms with Crippen molar-refractivity contribution in [3.63, 3.8) is 0 Å². The number of nitrogens with two attached hydrogens (primary N) is 1. The summed E-state index contributed by atoms with van der Waals surface area (Å²) in [5, 5.41) is 30.2. The van der Waals surface area contributed by atoms with E-state index < -0.39 is 27.6 Å². The highest BCUT2D eigenvalue weighted by Gasteiger charge is 2.46. The number of carboxylic acids is 1. The zero-order chi connectivity index (χ0) is 26.8. The van der Waals surface area contributed by atoms with Crippen LogP contribution in [0.2, 0.25) is 0 Å². The maximum absolute atomic E-state index is 13.2. The molecular weight excluding hydrogens is 493 g/mol. The number of rotatable bonds is 11. The molecule has 1 aliphatic heterocycles. The van der Waals surface area contributed by atoms with Gasteiger partial charge in [-0.15, -0.1) is 0 Å². The molecule has 12 heteroatoms. The third-order valence-corrected chi connectivity index (χ3v) is 7.84. The average Bonchev–Trinajstić information content (AvgIpc) is 2.87. The van der Waals surface area contributed by atoms with Crippen LogP contribution >= 0.6 is 0 Å². The highest BCUT2D eigenvalue weighted by Crippen LogP contribution is 2.32. The first-order valence-corrected chi connectivity index (χ1v) is 13.0. The van der Waals surface area contributed by atoms with E-state index in [1.807, 2.05) is 6.92 Å². The van der Waals surface area contributed by atoms with E-state index in [0.717, 1.165) is 22.7 Å². The van der Waals surface area contributed by atoms with Gasteiger partial charge in [-0.3, -0.25) is 4.79 Å². The van der Waals surface area contributed by atoms with Crippen LogP contribution in [-0.4, -0.2) is 65.4 Å². The summed E-state index contributed by atoms with van der Waals surface area (Å²) >= 11 is 0. The van der Waals surface area contributed by atoms with Gasteiger partial charge in [-0.2, -0.15) is 4.31 Å². The quantitative estimate of drug-likeness (QED) is 0.218. The van der Waals surface area contributed by atoms with Crippen LogP contribution in [0.5, 0.6) is 5.75 Å². The third kappa shape index (κ3) is 7.95. The fourth-order valence-electron chi connectivity index (χ4n) is 3.91. The first-order valence-electron chi connectivity index (χ1n) is 11.6. The molecule has 36 heavy (non-hydrogen) atoms. The van der Waals surface area contributed by atoms with E-state index in [1.54, 1.807) is 12.1 Å². The Bertz CT molecular complexity index is 1070. The van der Waals surface area contributed by atoms with Crippen LogP contribution in [0.15, 0.2) is 53.4 Å². The molecule has 2 aromatic rings. The molecule has 0 spiro atoms. The Balaban J connectivity index is 0.00000222. The van der Waals surface area contributed by atoms with E-state index in [9.17, 15) is 27.8 Å². The smallest absolute Gasteiger partial charge is 0.322 e. The number of hydrogen-bond donors (Lipinski definition) is 5. The van der Waals surface area contributed by atoms with Crippen molar-refractivity contribution in [3.05, 3.63) is 59.9 Å². The molecule has 200 valence electrons. The molecule has 10 nitrogen and oxygen atoms in total. The van der Waals surface area contributed by atoms with Crippen LogP contribution in [0.4, 0.5) is 4.39 Å². The van der Waals surface area contributed by atoms with E-state index in [4.69, 9.17) is 9.94 Å². The van der Waals surface area contributed by atoms with Gasteiger partial charge in [0.25, 0.3) is 0 Å². The zero-order valence-electron chi connectivity index (χ0n) is 20.1. The van der Waals surface area contributed by atoms with Gasteiger partial charge in [0.1, 0.15) is 24.2 Å². The Morgan fingerprint density at radius 2 is 1.83 bits per heavy atom. The van der Waals surface area contributed by atoms with Crippen molar-refractivity contribution in [1.29, 1.82) is 0 Å². The van der Waals surface area contributed by atoms with E-state index in [0.29, 0.717) is 12.3 Å². The van der Waals surface area contributed by atoms with Gasteiger partial charge in [0.2, 0.25) is 10.0 Å². The normalized spacial score (nSPS) is 20.3. The molecule has 0 amide bonds. The minimum Gasteiger partial charge on any atom is -0.489 e. The Morgan fingerprint density at radius 3 is 2.42 bits per heavy atom.